The Bertz CT molecular complexity index is 314. The molecule has 0 saturated carbocycles. The minimum Gasteiger partial charge on any atom is -0.506 e. The van der Waals surface area contributed by atoms with Gasteiger partial charge in [0.1, 0.15) is 5.75 Å². The van der Waals surface area contributed by atoms with Gasteiger partial charge in [0.15, 0.2) is 0 Å². The Hall–Kier alpha value is -1.71. The number of hydrogen-bond acceptors (Lipinski definition) is 4. The van der Waals surface area contributed by atoms with E-state index in [1.165, 1.54) is 18.2 Å². The molecule has 0 amide bonds. The molecule has 0 saturated heterocycles. The van der Waals surface area contributed by atoms with Crippen LogP contribution in [0.15, 0.2) is 18.2 Å². The molecule has 0 aliphatic rings. The van der Waals surface area contributed by atoms with Crippen LogP contribution in [0.2, 0.25) is 0 Å². The fraction of sp³-hybridized carbons (Fsp3) is 0. The number of aromatic hydroxyl groups is 1. The Kier molecular flexibility index (Phi) is 1.37. The molecule has 4 nitrogen and oxygen atoms in total. The molecule has 0 bridgehead atoms. The molecule has 0 unspecified atom stereocenters. The average Bonchev–Trinajstić information content (AvgIpc) is 2.08. The van der Waals surface area contributed by atoms with Crippen LogP contribution in [0, 0.1) is 0 Å². The van der Waals surface area contributed by atoms with Crippen molar-refractivity contribution >= 4 is 11.7 Å². The highest BCUT2D eigenvalue weighted by Gasteiger charge is 2.09. The standard InChI is InChI=1S/C7H7NO3/c8-6-4(7(10)11)2-1-3-5(6)9/h1-3,9H,8H2,(H,10,11)/i/hD. The number of nitrogen functional groups attached to an aromatic ring is 1. The van der Waals surface area contributed by atoms with Crippen molar-refractivity contribution in [3.05, 3.63) is 23.8 Å². The third kappa shape index (κ3) is 1.24. The molecular weight excluding hydrogens is 146 g/mol. The van der Waals surface area contributed by atoms with E-state index >= 15 is 0 Å². The third-order valence-electron chi connectivity index (χ3n) is 1.30. The minimum atomic E-state index is -0.886. The van der Waals surface area contributed by atoms with Gasteiger partial charge in [-0.2, -0.15) is 0 Å². The first-order chi connectivity index (χ1) is 5.66. The molecule has 1 rings (SSSR count). The van der Waals surface area contributed by atoms with Crippen molar-refractivity contribution in [2.75, 3.05) is 5.73 Å². The number of phenolic OH excluding ortho intramolecular Hbond substituents is 1. The van der Waals surface area contributed by atoms with Gasteiger partial charge in [-0.3, -0.25) is 0 Å². The normalized spacial score (nSPS) is 10.4. The number of phenols is 1. The summed E-state index contributed by atoms with van der Waals surface area (Å²) in [5.74, 6) is -1.08. The van der Waals surface area contributed by atoms with Crippen molar-refractivity contribution in [1.29, 1.82) is 1.43 Å². The summed E-state index contributed by atoms with van der Waals surface area (Å²) < 4.78 is 6.33. The lowest BCUT2D eigenvalue weighted by atomic mass is 10.2. The third-order valence-corrected chi connectivity index (χ3v) is 1.30. The topological polar surface area (TPSA) is 83.5 Å². The van der Waals surface area contributed by atoms with Crippen molar-refractivity contribution in [3.8, 4) is 5.75 Å². The molecule has 0 aliphatic heterocycles. The second kappa shape index (κ2) is 2.49. The zero-order valence-corrected chi connectivity index (χ0v) is 5.57. The Balaban J connectivity index is 3.16. The van der Waals surface area contributed by atoms with Crippen molar-refractivity contribution in [2.24, 2.45) is 0 Å². The molecule has 0 radical (unpaired) electrons. The van der Waals surface area contributed by atoms with E-state index < -0.39 is 5.97 Å². The number of nitrogens with two attached hydrogens (primary N) is 1. The monoisotopic (exact) mass is 154 g/mol. The number of carboxylic acid groups (broad SMARTS) is 1. The van der Waals surface area contributed by atoms with Gasteiger partial charge in [0.2, 0.25) is 0 Å². The largest absolute Gasteiger partial charge is 0.506 e. The lowest BCUT2D eigenvalue weighted by molar-refractivity contribution is 0.0697. The molecule has 1 aromatic carbocycles. The fourth-order valence-electron chi connectivity index (χ4n) is 0.731. The van der Waals surface area contributed by atoms with Gasteiger partial charge in [-0.25, -0.2) is 4.79 Å². The SMILES string of the molecule is [2H]OC(=O)c1cccc(O)c1N. The molecule has 0 atom stereocenters. The molecule has 0 fully saturated rings. The number of benzene rings is 1. The van der Waals surface area contributed by atoms with E-state index in [2.05, 4.69) is 5.11 Å². The van der Waals surface area contributed by atoms with E-state index in [9.17, 15) is 4.79 Å². The van der Waals surface area contributed by atoms with E-state index in [0.717, 1.165) is 0 Å². The van der Waals surface area contributed by atoms with E-state index in [-0.39, 0.29) is 17.0 Å². The van der Waals surface area contributed by atoms with Gasteiger partial charge in [-0.05, 0) is 12.1 Å². The van der Waals surface area contributed by atoms with E-state index in [0.29, 0.717) is 0 Å². The average molecular weight is 154 g/mol. The molecule has 0 spiro atoms. The Morgan fingerprint density at radius 1 is 1.64 bits per heavy atom. The summed E-state index contributed by atoms with van der Waals surface area (Å²) in [6.07, 6.45) is 0. The molecule has 0 aromatic heterocycles. The maximum atomic E-state index is 10.8. The predicted octanol–water partition coefficient (Wildman–Crippen LogP) is 0.673. The number of rotatable bonds is 1. The Morgan fingerprint density at radius 3 is 3.00 bits per heavy atom. The molecule has 0 heterocycles. The number of carbonyl (C=O) groups is 1. The molecule has 1 aromatic rings. The molecule has 4 heteroatoms. The molecule has 0 aliphatic carbocycles. The van der Waals surface area contributed by atoms with Crippen LogP contribution in [-0.4, -0.2) is 16.2 Å². The Labute approximate surface area is 64.4 Å². The lowest BCUT2D eigenvalue weighted by Gasteiger charge is -2.00. The smallest absolute Gasteiger partial charge is 0.337 e. The predicted molar refractivity (Wildman–Crippen MR) is 39.5 cm³/mol. The van der Waals surface area contributed by atoms with Gasteiger partial charge in [0.25, 0.3) is 1.43 Å². The van der Waals surface area contributed by atoms with E-state index in [1.807, 2.05) is 0 Å². The first-order valence-electron chi connectivity index (χ1n) is 3.32. The quantitative estimate of drug-likeness (QED) is 0.410. The minimum absolute atomic E-state index is 0.00926. The van der Waals surface area contributed by atoms with Gasteiger partial charge in [0, 0.05) is 0 Å². The summed E-state index contributed by atoms with van der Waals surface area (Å²) in [6, 6.07) is 4.15. The number of anilines is 1. The number of carboxylic acids is 1. The van der Waals surface area contributed by atoms with Crippen molar-refractivity contribution in [2.45, 2.75) is 0 Å². The zero-order valence-electron chi connectivity index (χ0n) is 6.57. The van der Waals surface area contributed by atoms with Gasteiger partial charge >= 0.3 is 5.97 Å². The van der Waals surface area contributed by atoms with E-state index in [4.69, 9.17) is 12.3 Å². The summed E-state index contributed by atoms with van der Waals surface area (Å²) in [7, 11) is 0. The first-order valence-corrected chi connectivity index (χ1v) is 2.91. The second-order valence-electron chi connectivity index (χ2n) is 2.03. The van der Waals surface area contributed by atoms with Crippen LogP contribution < -0.4 is 5.73 Å². The van der Waals surface area contributed by atoms with Gasteiger partial charge < -0.3 is 15.9 Å². The molecule has 11 heavy (non-hydrogen) atoms. The number of aromatic carboxylic acids is 1. The number of hydrogen-bond donors (Lipinski definition) is 3. The van der Waals surface area contributed by atoms with Crippen LogP contribution in [0.4, 0.5) is 5.69 Å². The summed E-state index contributed by atoms with van der Waals surface area (Å²) >= 11 is 0. The highest BCUT2D eigenvalue weighted by molar-refractivity contribution is 5.95. The molecular formula is C7H7NO3. The second-order valence-corrected chi connectivity index (χ2v) is 2.03. The zero-order chi connectivity index (χ0) is 9.14. The van der Waals surface area contributed by atoms with Crippen LogP contribution in [0.1, 0.15) is 10.4 Å². The highest BCUT2D eigenvalue weighted by Crippen LogP contribution is 2.22. The van der Waals surface area contributed by atoms with Crippen LogP contribution >= 0.6 is 0 Å². The summed E-state index contributed by atoms with van der Waals surface area (Å²) in [5.41, 5.74) is 5.24. The van der Waals surface area contributed by atoms with Gasteiger partial charge in [-0.1, -0.05) is 6.07 Å². The van der Waals surface area contributed by atoms with Crippen LogP contribution in [-0.2, 0) is 0 Å². The molecule has 4 N–H and O–H groups in total. The number of para-hydroxylation sites is 1. The Morgan fingerprint density at radius 2 is 2.36 bits per heavy atom. The van der Waals surface area contributed by atoms with Crippen LogP contribution in [0.5, 0.6) is 5.75 Å². The van der Waals surface area contributed by atoms with Crippen molar-refractivity contribution in [1.82, 2.24) is 0 Å². The van der Waals surface area contributed by atoms with Gasteiger partial charge in [-0.15, -0.1) is 0 Å². The lowest BCUT2D eigenvalue weighted by Crippen LogP contribution is -2.01. The van der Waals surface area contributed by atoms with Crippen molar-refractivity contribution in [3.63, 3.8) is 0 Å². The maximum Gasteiger partial charge on any atom is 0.337 e. The van der Waals surface area contributed by atoms with E-state index in [1.54, 1.807) is 0 Å². The summed E-state index contributed by atoms with van der Waals surface area (Å²) in [6.45, 7) is 0. The summed E-state index contributed by atoms with van der Waals surface area (Å²) in [4.78, 5) is 10.8. The maximum absolute atomic E-state index is 10.8. The highest BCUT2D eigenvalue weighted by atomic mass is 16.4. The van der Waals surface area contributed by atoms with Crippen LogP contribution in [0.25, 0.3) is 1.43 Å². The van der Waals surface area contributed by atoms with Crippen molar-refractivity contribution < 1.29 is 15.0 Å². The first kappa shape index (κ1) is 6.03. The fourth-order valence-corrected chi connectivity index (χ4v) is 0.731. The van der Waals surface area contributed by atoms with Gasteiger partial charge in [0.05, 0.1) is 11.3 Å². The van der Waals surface area contributed by atoms with Crippen LogP contribution in [0.3, 0.4) is 0 Å². The summed E-state index contributed by atoms with van der Waals surface area (Å²) in [5, 5.41) is 12.7. The molecule has 58 valence electrons.